The van der Waals surface area contributed by atoms with Crippen molar-refractivity contribution in [2.75, 3.05) is 6.54 Å². The smallest absolute Gasteiger partial charge is 0.254 e. The van der Waals surface area contributed by atoms with Gasteiger partial charge < -0.3 is 10.6 Å². The summed E-state index contributed by atoms with van der Waals surface area (Å²) in [6.45, 7) is 1.23. The third-order valence-corrected chi connectivity index (χ3v) is 4.61. The minimum absolute atomic E-state index is 0.150. The number of rotatable bonds is 2. The first-order chi connectivity index (χ1) is 11.1. The van der Waals surface area contributed by atoms with Gasteiger partial charge in [0.05, 0.1) is 11.1 Å². The van der Waals surface area contributed by atoms with Crippen LogP contribution in [0.4, 0.5) is 0 Å². The second-order valence-corrected chi connectivity index (χ2v) is 6.57. The van der Waals surface area contributed by atoms with Crippen LogP contribution in [0.1, 0.15) is 38.3 Å². The molecule has 0 aromatic heterocycles. The molecule has 0 atom stereocenters. The number of aryl methyl sites for hydroxylation is 1. The van der Waals surface area contributed by atoms with Crippen LogP contribution >= 0.6 is 15.9 Å². The number of nitrogens with zero attached hydrogens (tertiary/aromatic N) is 1. The Labute approximate surface area is 143 Å². The Morgan fingerprint density at radius 3 is 2.52 bits per heavy atom. The maximum Gasteiger partial charge on any atom is 0.254 e. The molecule has 4 nitrogen and oxygen atoms in total. The predicted molar refractivity (Wildman–Crippen MR) is 92.2 cm³/mol. The number of hydrogen-bond acceptors (Lipinski definition) is 2. The Morgan fingerprint density at radius 2 is 1.78 bits per heavy atom. The molecular formula is C18H17BrN2O2. The topological polar surface area (TPSA) is 63.4 Å². The van der Waals surface area contributed by atoms with Crippen LogP contribution in [0, 0.1) is 0 Å². The summed E-state index contributed by atoms with van der Waals surface area (Å²) in [7, 11) is 0. The second-order valence-electron chi connectivity index (χ2n) is 5.65. The number of nitrogens with two attached hydrogens (primary N) is 1. The fourth-order valence-corrected chi connectivity index (χ4v) is 3.31. The van der Waals surface area contributed by atoms with Gasteiger partial charge in [-0.3, -0.25) is 9.59 Å². The summed E-state index contributed by atoms with van der Waals surface area (Å²) >= 11 is 3.31. The number of primary amides is 1. The zero-order valence-corrected chi connectivity index (χ0v) is 14.2. The molecule has 1 aliphatic rings. The van der Waals surface area contributed by atoms with Crippen molar-refractivity contribution in [1.82, 2.24) is 4.90 Å². The molecule has 0 radical (unpaired) electrons. The lowest BCUT2D eigenvalue weighted by molar-refractivity contribution is 0.0741. The Morgan fingerprint density at radius 1 is 1.04 bits per heavy atom. The molecule has 1 heterocycles. The Kier molecular flexibility index (Phi) is 4.48. The SMILES string of the molecule is NC(=O)c1cc(Br)ccc1C(=O)N1CCCc2ccccc2C1. The highest BCUT2D eigenvalue weighted by Gasteiger charge is 2.23. The third kappa shape index (κ3) is 3.29. The maximum atomic E-state index is 12.9. The van der Waals surface area contributed by atoms with Crippen molar-refractivity contribution in [1.29, 1.82) is 0 Å². The van der Waals surface area contributed by atoms with Crippen molar-refractivity contribution in [2.24, 2.45) is 5.73 Å². The number of fused-ring (bicyclic) bond motifs is 1. The van der Waals surface area contributed by atoms with Crippen molar-refractivity contribution >= 4 is 27.7 Å². The van der Waals surface area contributed by atoms with Crippen molar-refractivity contribution in [3.05, 3.63) is 69.2 Å². The van der Waals surface area contributed by atoms with Crippen LogP contribution in [0.5, 0.6) is 0 Å². The fourth-order valence-electron chi connectivity index (χ4n) is 2.95. The monoisotopic (exact) mass is 372 g/mol. The van der Waals surface area contributed by atoms with Gasteiger partial charge in [0.25, 0.3) is 5.91 Å². The van der Waals surface area contributed by atoms with Crippen molar-refractivity contribution in [2.45, 2.75) is 19.4 Å². The number of halogens is 1. The summed E-state index contributed by atoms with van der Waals surface area (Å²) in [4.78, 5) is 26.4. The van der Waals surface area contributed by atoms with Gasteiger partial charge in [0.15, 0.2) is 0 Å². The van der Waals surface area contributed by atoms with E-state index in [4.69, 9.17) is 5.73 Å². The Balaban J connectivity index is 1.93. The van der Waals surface area contributed by atoms with E-state index < -0.39 is 5.91 Å². The van der Waals surface area contributed by atoms with E-state index in [0.717, 1.165) is 22.9 Å². The van der Waals surface area contributed by atoms with E-state index in [1.165, 1.54) is 5.56 Å². The van der Waals surface area contributed by atoms with E-state index in [0.29, 0.717) is 18.7 Å². The van der Waals surface area contributed by atoms with E-state index in [2.05, 4.69) is 28.1 Å². The molecular weight excluding hydrogens is 356 g/mol. The quantitative estimate of drug-likeness (QED) is 0.879. The Bertz CT molecular complexity index is 773. The van der Waals surface area contributed by atoms with Gasteiger partial charge in [-0.25, -0.2) is 0 Å². The molecule has 0 fully saturated rings. The summed E-state index contributed by atoms with van der Waals surface area (Å²) in [6, 6.07) is 13.2. The van der Waals surface area contributed by atoms with Crippen LogP contribution in [0.3, 0.4) is 0 Å². The van der Waals surface area contributed by atoms with Crippen LogP contribution in [-0.4, -0.2) is 23.3 Å². The van der Waals surface area contributed by atoms with Gasteiger partial charge in [0.1, 0.15) is 0 Å². The molecule has 0 unspecified atom stereocenters. The van der Waals surface area contributed by atoms with E-state index in [1.54, 1.807) is 23.1 Å². The van der Waals surface area contributed by atoms with Gasteiger partial charge in [-0.05, 0) is 42.2 Å². The summed E-state index contributed by atoms with van der Waals surface area (Å²) in [5, 5.41) is 0. The highest BCUT2D eigenvalue weighted by atomic mass is 79.9. The van der Waals surface area contributed by atoms with Crippen molar-refractivity contribution < 1.29 is 9.59 Å². The lowest BCUT2D eigenvalue weighted by atomic mass is 10.0. The lowest BCUT2D eigenvalue weighted by Gasteiger charge is -2.22. The molecule has 1 aliphatic heterocycles. The molecule has 2 aromatic rings. The molecule has 118 valence electrons. The zero-order valence-electron chi connectivity index (χ0n) is 12.6. The molecule has 0 saturated heterocycles. The lowest BCUT2D eigenvalue weighted by Crippen LogP contribution is -2.32. The van der Waals surface area contributed by atoms with E-state index in [9.17, 15) is 9.59 Å². The summed E-state index contributed by atoms with van der Waals surface area (Å²) in [6.07, 6.45) is 1.87. The molecule has 0 saturated carbocycles. The third-order valence-electron chi connectivity index (χ3n) is 4.12. The highest BCUT2D eigenvalue weighted by Crippen LogP contribution is 2.23. The van der Waals surface area contributed by atoms with Crippen LogP contribution in [0.15, 0.2) is 46.9 Å². The van der Waals surface area contributed by atoms with Crippen LogP contribution in [0.25, 0.3) is 0 Å². The summed E-state index contributed by atoms with van der Waals surface area (Å²) in [5.41, 5.74) is 8.49. The summed E-state index contributed by atoms with van der Waals surface area (Å²) in [5.74, 6) is -0.743. The minimum atomic E-state index is -0.593. The van der Waals surface area contributed by atoms with Gasteiger partial charge in [-0.2, -0.15) is 0 Å². The molecule has 2 aromatic carbocycles. The number of carbonyl (C=O) groups excluding carboxylic acids is 2. The first-order valence-electron chi connectivity index (χ1n) is 7.51. The van der Waals surface area contributed by atoms with E-state index in [1.807, 2.05) is 12.1 Å². The molecule has 2 amide bonds. The standard InChI is InChI=1S/C18H17BrN2O2/c19-14-7-8-15(16(10-14)17(20)22)18(23)21-9-3-6-12-4-1-2-5-13(12)11-21/h1-2,4-5,7-8,10H,3,6,9,11H2,(H2,20,22). The maximum absolute atomic E-state index is 12.9. The molecule has 0 aliphatic carbocycles. The average molecular weight is 373 g/mol. The average Bonchev–Trinajstić information content (AvgIpc) is 2.76. The molecule has 0 bridgehead atoms. The molecule has 2 N–H and O–H groups in total. The van der Waals surface area contributed by atoms with Gasteiger partial charge >= 0.3 is 0 Å². The molecule has 5 heteroatoms. The van der Waals surface area contributed by atoms with Gasteiger partial charge in [-0.15, -0.1) is 0 Å². The number of benzene rings is 2. The first kappa shape index (κ1) is 15.7. The molecule has 3 rings (SSSR count). The highest BCUT2D eigenvalue weighted by molar-refractivity contribution is 9.10. The minimum Gasteiger partial charge on any atom is -0.366 e. The van der Waals surface area contributed by atoms with E-state index in [-0.39, 0.29) is 11.5 Å². The number of amides is 2. The summed E-state index contributed by atoms with van der Waals surface area (Å²) < 4.78 is 0.726. The first-order valence-corrected chi connectivity index (χ1v) is 8.31. The van der Waals surface area contributed by atoms with Crippen LogP contribution in [-0.2, 0) is 13.0 Å². The van der Waals surface area contributed by atoms with Crippen molar-refractivity contribution in [3.63, 3.8) is 0 Å². The largest absolute Gasteiger partial charge is 0.366 e. The van der Waals surface area contributed by atoms with E-state index >= 15 is 0 Å². The molecule has 23 heavy (non-hydrogen) atoms. The number of carbonyl (C=O) groups is 2. The van der Waals surface area contributed by atoms with Gasteiger partial charge in [0.2, 0.25) is 5.91 Å². The fraction of sp³-hybridized carbons (Fsp3) is 0.222. The van der Waals surface area contributed by atoms with Crippen LogP contribution < -0.4 is 5.73 Å². The second kappa shape index (κ2) is 6.54. The van der Waals surface area contributed by atoms with Crippen molar-refractivity contribution in [3.8, 4) is 0 Å². The normalized spacial score (nSPS) is 14.0. The predicted octanol–water partition coefficient (Wildman–Crippen LogP) is 3.14. The molecule has 0 spiro atoms. The van der Waals surface area contributed by atoms with Gasteiger partial charge in [0, 0.05) is 17.6 Å². The Hall–Kier alpha value is -2.14. The van der Waals surface area contributed by atoms with Crippen LogP contribution in [0.2, 0.25) is 0 Å². The number of hydrogen-bond donors (Lipinski definition) is 1. The zero-order chi connectivity index (χ0) is 16.4. The van der Waals surface area contributed by atoms with Gasteiger partial charge in [-0.1, -0.05) is 40.2 Å².